The summed E-state index contributed by atoms with van der Waals surface area (Å²) >= 11 is 0. The summed E-state index contributed by atoms with van der Waals surface area (Å²) < 4.78 is 4.61. The van der Waals surface area contributed by atoms with Crippen LogP contribution in [0, 0.1) is 0 Å². The van der Waals surface area contributed by atoms with E-state index in [4.69, 9.17) is 0 Å². The normalized spacial score (nSPS) is 12.9. The first kappa shape index (κ1) is 13.3. The van der Waals surface area contributed by atoms with E-state index in [2.05, 4.69) is 14.7 Å². The molecule has 5 nitrogen and oxygen atoms in total. The SMILES string of the molecule is O=C1OC(=O)c2nc(-c3ccccc3)c(-c3ccccc3)nc21. The second-order valence-corrected chi connectivity index (χ2v) is 5.03. The maximum Gasteiger partial charge on any atom is 0.367 e. The number of rotatable bonds is 2. The molecule has 1 aromatic heterocycles. The molecule has 0 saturated heterocycles. The van der Waals surface area contributed by atoms with E-state index in [1.54, 1.807) is 0 Å². The Balaban J connectivity index is 2.02. The van der Waals surface area contributed by atoms with Crippen LogP contribution in [0.5, 0.6) is 0 Å². The van der Waals surface area contributed by atoms with Gasteiger partial charge in [0, 0.05) is 11.1 Å². The fourth-order valence-corrected chi connectivity index (χ4v) is 2.50. The van der Waals surface area contributed by atoms with E-state index in [0.717, 1.165) is 11.1 Å². The molecule has 0 saturated carbocycles. The molecule has 0 radical (unpaired) electrons. The molecule has 0 N–H and O–H groups in total. The van der Waals surface area contributed by atoms with E-state index in [0.29, 0.717) is 11.4 Å². The van der Waals surface area contributed by atoms with Crippen LogP contribution in [0.2, 0.25) is 0 Å². The van der Waals surface area contributed by atoms with Crippen LogP contribution in [0.1, 0.15) is 21.0 Å². The van der Waals surface area contributed by atoms with Gasteiger partial charge in [-0.1, -0.05) is 60.7 Å². The minimum Gasteiger partial charge on any atom is -0.383 e. The number of cyclic esters (lactones) is 2. The van der Waals surface area contributed by atoms with E-state index in [-0.39, 0.29) is 11.4 Å². The molecule has 0 bridgehead atoms. The van der Waals surface area contributed by atoms with Crippen LogP contribution in [0.3, 0.4) is 0 Å². The molecule has 1 aliphatic rings. The van der Waals surface area contributed by atoms with Crippen molar-refractivity contribution in [3.05, 3.63) is 72.1 Å². The van der Waals surface area contributed by atoms with E-state index in [9.17, 15) is 9.59 Å². The summed E-state index contributed by atoms with van der Waals surface area (Å²) in [6.45, 7) is 0. The van der Waals surface area contributed by atoms with Crippen molar-refractivity contribution in [2.45, 2.75) is 0 Å². The Labute approximate surface area is 131 Å². The Morgan fingerprint density at radius 3 is 1.35 bits per heavy atom. The number of hydrogen-bond acceptors (Lipinski definition) is 5. The van der Waals surface area contributed by atoms with E-state index >= 15 is 0 Å². The number of aromatic nitrogens is 2. The fourth-order valence-electron chi connectivity index (χ4n) is 2.50. The molecule has 23 heavy (non-hydrogen) atoms. The van der Waals surface area contributed by atoms with Crippen molar-refractivity contribution >= 4 is 11.9 Å². The highest BCUT2D eigenvalue weighted by Crippen LogP contribution is 2.31. The fraction of sp³-hybridized carbons (Fsp3) is 0. The lowest BCUT2D eigenvalue weighted by Gasteiger charge is -2.09. The zero-order valence-corrected chi connectivity index (χ0v) is 11.9. The minimum atomic E-state index is -0.755. The minimum absolute atomic E-state index is 0.0338. The van der Waals surface area contributed by atoms with Crippen LogP contribution in [0.15, 0.2) is 60.7 Å². The number of nitrogens with zero attached hydrogens (tertiary/aromatic N) is 2. The lowest BCUT2D eigenvalue weighted by Crippen LogP contribution is -2.04. The topological polar surface area (TPSA) is 69.2 Å². The lowest BCUT2D eigenvalue weighted by atomic mass is 10.0. The van der Waals surface area contributed by atoms with Gasteiger partial charge in [-0.15, -0.1) is 0 Å². The van der Waals surface area contributed by atoms with Gasteiger partial charge in [0.05, 0.1) is 11.4 Å². The molecule has 5 heteroatoms. The van der Waals surface area contributed by atoms with Crippen LogP contribution >= 0.6 is 0 Å². The molecule has 0 atom stereocenters. The van der Waals surface area contributed by atoms with Crippen LogP contribution < -0.4 is 0 Å². The number of carbonyl (C=O) groups excluding carboxylic acids is 2. The highest BCUT2D eigenvalue weighted by molar-refractivity contribution is 6.13. The first-order valence-corrected chi connectivity index (χ1v) is 7.03. The quantitative estimate of drug-likeness (QED) is 0.537. The third-order valence-electron chi connectivity index (χ3n) is 3.56. The highest BCUT2D eigenvalue weighted by atomic mass is 16.6. The number of fused-ring (bicyclic) bond motifs is 1. The molecule has 0 unspecified atom stereocenters. The number of benzene rings is 2. The smallest absolute Gasteiger partial charge is 0.367 e. The summed E-state index contributed by atoms with van der Waals surface area (Å²) in [4.78, 5) is 32.3. The molecule has 2 aromatic carbocycles. The molecule has 1 aliphatic heterocycles. The summed E-state index contributed by atoms with van der Waals surface area (Å²) in [7, 11) is 0. The van der Waals surface area contributed by atoms with Crippen molar-refractivity contribution in [2.24, 2.45) is 0 Å². The molecule has 0 fully saturated rings. The summed E-state index contributed by atoms with van der Waals surface area (Å²) in [5.41, 5.74) is 2.65. The first-order chi connectivity index (χ1) is 11.2. The molecule has 0 aliphatic carbocycles. The molecule has 0 spiro atoms. The van der Waals surface area contributed by atoms with Gasteiger partial charge in [-0.3, -0.25) is 0 Å². The van der Waals surface area contributed by atoms with E-state index in [1.807, 2.05) is 60.7 Å². The van der Waals surface area contributed by atoms with Crippen LogP contribution in [-0.4, -0.2) is 21.9 Å². The summed E-state index contributed by atoms with van der Waals surface area (Å²) in [5.74, 6) is -1.51. The largest absolute Gasteiger partial charge is 0.383 e. The standard InChI is InChI=1S/C18H10N2O3/c21-17-15-16(18(22)23-17)20-14(12-9-5-2-6-10-12)13(19-15)11-7-3-1-4-8-11/h1-10H. The Bertz CT molecular complexity index is 845. The lowest BCUT2D eigenvalue weighted by molar-refractivity contribution is 0.0439. The van der Waals surface area contributed by atoms with Gasteiger partial charge in [-0.25, -0.2) is 19.6 Å². The van der Waals surface area contributed by atoms with Crippen molar-refractivity contribution in [1.29, 1.82) is 0 Å². The number of esters is 2. The first-order valence-electron chi connectivity index (χ1n) is 7.03. The Kier molecular flexibility index (Phi) is 2.98. The zero-order valence-electron chi connectivity index (χ0n) is 11.9. The average Bonchev–Trinajstić information content (AvgIpc) is 2.89. The molecular weight excluding hydrogens is 292 g/mol. The zero-order chi connectivity index (χ0) is 15.8. The summed E-state index contributed by atoms with van der Waals surface area (Å²) in [5, 5.41) is 0. The van der Waals surface area contributed by atoms with Crippen molar-refractivity contribution in [2.75, 3.05) is 0 Å². The molecule has 0 amide bonds. The van der Waals surface area contributed by atoms with Gasteiger partial charge in [0.1, 0.15) is 0 Å². The third kappa shape index (κ3) is 2.19. The van der Waals surface area contributed by atoms with Gasteiger partial charge in [0.15, 0.2) is 11.4 Å². The Hall–Kier alpha value is -3.34. The van der Waals surface area contributed by atoms with Crippen molar-refractivity contribution in [1.82, 2.24) is 9.97 Å². The van der Waals surface area contributed by atoms with Crippen LogP contribution in [-0.2, 0) is 4.74 Å². The van der Waals surface area contributed by atoms with Crippen molar-refractivity contribution in [3.8, 4) is 22.5 Å². The average molecular weight is 302 g/mol. The molecular formula is C18H10N2O3. The van der Waals surface area contributed by atoms with Gasteiger partial charge in [0.25, 0.3) is 0 Å². The Morgan fingerprint density at radius 1 is 0.565 bits per heavy atom. The number of carbonyl (C=O) groups is 2. The summed E-state index contributed by atoms with van der Waals surface area (Å²) in [6, 6.07) is 18.8. The maximum atomic E-state index is 11.8. The second kappa shape index (κ2) is 5.14. The van der Waals surface area contributed by atoms with Gasteiger partial charge in [0.2, 0.25) is 0 Å². The Morgan fingerprint density at radius 2 is 0.957 bits per heavy atom. The molecule has 110 valence electrons. The van der Waals surface area contributed by atoms with E-state index in [1.165, 1.54) is 0 Å². The molecule has 2 heterocycles. The van der Waals surface area contributed by atoms with Gasteiger partial charge in [-0.2, -0.15) is 0 Å². The number of ether oxygens (including phenoxy) is 1. The highest BCUT2D eigenvalue weighted by Gasteiger charge is 2.35. The number of hydrogen-bond donors (Lipinski definition) is 0. The monoisotopic (exact) mass is 302 g/mol. The van der Waals surface area contributed by atoms with Gasteiger partial charge in [-0.05, 0) is 0 Å². The summed E-state index contributed by atoms with van der Waals surface area (Å²) in [6.07, 6.45) is 0. The molecule has 3 aromatic rings. The van der Waals surface area contributed by atoms with Crippen LogP contribution in [0.25, 0.3) is 22.5 Å². The maximum absolute atomic E-state index is 11.8. The predicted molar refractivity (Wildman–Crippen MR) is 82.7 cm³/mol. The van der Waals surface area contributed by atoms with Crippen LogP contribution in [0.4, 0.5) is 0 Å². The third-order valence-corrected chi connectivity index (χ3v) is 3.56. The predicted octanol–water partition coefficient (Wildman–Crippen LogP) is 3.12. The van der Waals surface area contributed by atoms with Crippen molar-refractivity contribution in [3.63, 3.8) is 0 Å². The van der Waals surface area contributed by atoms with Gasteiger partial charge < -0.3 is 4.74 Å². The second-order valence-electron chi connectivity index (χ2n) is 5.03. The van der Waals surface area contributed by atoms with E-state index < -0.39 is 11.9 Å². The van der Waals surface area contributed by atoms with Crippen molar-refractivity contribution < 1.29 is 14.3 Å². The molecule has 4 rings (SSSR count). The van der Waals surface area contributed by atoms with Gasteiger partial charge >= 0.3 is 11.9 Å².